The summed E-state index contributed by atoms with van der Waals surface area (Å²) in [6.07, 6.45) is 1.26. The smallest absolute Gasteiger partial charge is 0.247 e. The van der Waals surface area contributed by atoms with Crippen molar-refractivity contribution in [3.05, 3.63) is 60.7 Å². The van der Waals surface area contributed by atoms with Crippen LogP contribution in [0.4, 0.5) is 5.69 Å². The number of fused-ring (bicyclic) bond motifs is 3. The molecule has 29 heavy (non-hydrogen) atoms. The Balaban J connectivity index is 1.81. The third-order valence-electron chi connectivity index (χ3n) is 4.39. The Hall–Kier alpha value is -3.26. The number of benzene rings is 2. The van der Waals surface area contributed by atoms with Crippen LogP contribution in [0.3, 0.4) is 0 Å². The van der Waals surface area contributed by atoms with Gasteiger partial charge in [-0.2, -0.15) is 4.98 Å². The summed E-state index contributed by atoms with van der Waals surface area (Å²) in [4.78, 5) is 4.59. The molecule has 4 rings (SSSR count). The molecule has 1 aromatic heterocycles. The Morgan fingerprint density at radius 2 is 2.03 bits per heavy atom. The third-order valence-corrected chi connectivity index (χ3v) is 5.22. The zero-order chi connectivity index (χ0) is 20.2. The first-order chi connectivity index (χ1) is 14.2. The molecular weight excluding hydrogens is 388 g/mol. The second-order valence-corrected chi connectivity index (χ2v) is 7.13. The lowest BCUT2D eigenvalue weighted by atomic mass is 10.1. The molecule has 1 N–H and O–H groups in total. The number of methoxy groups -OCH3 is 2. The second-order valence-electron chi connectivity index (χ2n) is 6.14. The van der Waals surface area contributed by atoms with Crippen LogP contribution in [0, 0.1) is 0 Å². The zero-order valence-electron chi connectivity index (χ0n) is 16.1. The molecule has 0 aliphatic carbocycles. The number of rotatable bonds is 6. The van der Waals surface area contributed by atoms with E-state index in [9.17, 15) is 0 Å². The number of ether oxygens (including phenoxy) is 3. The highest BCUT2D eigenvalue weighted by Gasteiger charge is 2.28. The number of nitrogens with zero attached hydrogens (tertiary/aromatic N) is 3. The molecule has 8 heteroatoms. The summed E-state index contributed by atoms with van der Waals surface area (Å²) < 4.78 is 17.2. The number of hydrogen-bond acceptors (Lipinski definition) is 8. The fraction of sp³-hybridized carbons (Fsp3) is 0.190. The molecule has 148 valence electrons. The Morgan fingerprint density at radius 1 is 1.17 bits per heavy atom. The number of para-hydroxylation sites is 1. The highest BCUT2D eigenvalue weighted by atomic mass is 32.2. The van der Waals surface area contributed by atoms with Crippen LogP contribution in [-0.4, -0.2) is 35.2 Å². The Bertz CT molecular complexity index is 1040. The predicted molar refractivity (Wildman–Crippen MR) is 113 cm³/mol. The minimum atomic E-state index is -0.535. The van der Waals surface area contributed by atoms with Gasteiger partial charge in [-0.15, -0.1) is 16.8 Å². The zero-order valence-corrected chi connectivity index (χ0v) is 16.9. The van der Waals surface area contributed by atoms with Gasteiger partial charge in [0.05, 0.1) is 19.8 Å². The average molecular weight is 408 g/mol. The minimum Gasteiger partial charge on any atom is -0.497 e. The average Bonchev–Trinajstić information content (AvgIpc) is 2.93. The van der Waals surface area contributed by atoms with Crippen LogP contribution in [-0.2, 0) is 0 Å². The van der Waals surface area contributed by atoms with Gasteiger partial charge in [-0.25, -0.2) is 0 Å². The van der Waals surface area contributed by atoms with Gasteiger partial charge in [0.25, 0.3) is 0 Å². The largest absolute Gasteiger partial charge is 0.497 e. The van der Waals surface area contributed by atoms with E-state index in [1.54, 1.807) is 20.3 Å². The SMILES string of the molecule is C=CCSc1nnc2c(n1)OC(c1ccc(OC)cc1OC)Nc1ccccc1-2. The molecule has 3 aromatic rings. The summed E-state index contributed by atoms with van der Waals surface area (Å²) >= 11 is 1.45. The molecule has 0 spiro atoms. The molecule has 0 bridgehead atoms. The van der Waals surface area contributed by atoms with Crippen LogP contribution in [0.2, 0.25) is 0 Å². The Kier molecular flexibility index (Phi) is 5.53. The second kappa shape index (κ2) is 8.40. The van der Waals surface area contributed by atoms with E-state index >= 15 is 0 Å². The number of thioether (sulfide) groups is 1. The molecular formula is C21H20N4O3S. The first kappa shape index (κ1) is 19.1. The predicted octanol–water partition coefficient (Wildman–Crippen LogP) is 4.34. The summed E-state index contributed by atoms with van der Waals surface area (Å²) in [7, 11) is 3.23. The fourth-order valence-electron chi connectivity index (χ4n) is 3.02. The summed E-state index contributed by atoms with van der Waals surface area (Å²) in [6.45, 7) is 3.73. The molecule has 1 unspecified atom stereocenters. The van der Waals surface area contributed by atoms with E-state index in [4.69, 9.17) is 14.2 Å². The lowest BCUT2D eigenvalue weighted by molar-refractivity contribution is 0.219. The molecule has 0 amide bonds. The number of anilines is 1. The van der Waals surface area contributed by atoms with E-state index in [1.165, 1.54) is 11.8 Å². The lowest BCUT2D eigenvalue weighted by Gasteiger charge is -2.21. The molecule has 2 heterocycles. The van der Waals surface area contributed by atoms with Crippen molar-refractivity contribution in [2.45, 2.75) is 11.4 Å². The third kappa shape index (κ3) is 3.84. The molecule has 0 fully saturated rings. The van der Waals surface area contributed by atoms with E-state index in [1.807, 2.05) is 42.5 Å². The van der Waals surface area contributed by atoms with Gasteiger partial charge < -0.3 is 19.5 Å². The summed E-state index contributed by atoms with van der Waals surface area (Å²) in [5, 5.41) is 12.6. The minimum absolute atomic E-state index is 0.409. The lowest BCUT2D eigenvalue weighted by Crippen LogP contribution is -2.18. The quantitative estimate of drug-likeness (QED) is 0.477. The normalized spacial score (nSPS) is 14.5. The van der Waals surface area contributed by atoms with Crippen LogP contribution in [0.5, 0.6) is 17.4 Å². The Labute approximate surface area is 173 Å². The highest BCUT2D eigenvalue weighted by Crippen LogP contribution is 2.41. The van der Waals surface area contributed by atoms with Crippen molar-refractivity contribution < 1.29 is 14.2 Å². The van der Waals surface area contributed by atoms with Crippen LogP contribution in [0.15, 0.2) is 60.3 Å². The van der Waals surface area contributed by atoms with E-state index in [0.717, 1.165) is 16.8 Å². The van der Waals surface area contributed by atoms with Crippen molar-refractivity contribution in [2.24, 2.45) is 0 Å². The molecule has 1 aliphatic rings. The maximum Gasteiger partial charge on any atom is 0.247 e. The highest BCUT2D eigenvalue weighted by molar-refractivity contribution is 7.99. The van der Waals surface area contributed by atoms with Gasteiger partial charge in [-0.1, -0.05) is 36.0 Å². The summed E-state index contributed by atoms with van der Waals surface area (Å²) in [6, 6.07) is 13.4. The first-order valence-electron chi connectivity index (χ1n) is 8.96. The van der Waals surface area contributed by atoms with Crippen molar-refractivity contribution in [3.63, 3.8) is 0 Å². The number of aromatic nitrogens is 3. The molecule has 0 saturated carbocycles. The van der Waals surface area contributed by atoms with Crippen LogP contribution in [0.25, 0.3) is 11.3 Å². The van der Waals surface area contributed by atoms with Gasteiger partial charge in [-0.05, 0) is 18.2 Å². The van der Waals surface area contributed by atoms with Gasteiger partial charge in [0, 0.05) is 23.1 Å². The van der Waals surface area contributed by atoms with Crippen molar-refractivity contribution in [3.8, 4) is 28.6 Å². The first-order valence-corrected chi connectivity index (χ1v) is 9.95. The molecule has 0 saturated heterocycles. The van der Waals surface area contributed by atoms with Gasteiger partial charge in [0.15, 0.2) is 5.69 Å². The molecule has 1 atom stereocenters. The molecule has 7 nitrogen and oxygen atoms in total. The van der Waals surface area contributed by atoms with Crippen molar-refractivity contribution in [2.75, 3.05) is 25.3 Å². The van der Waals surface area contributed by atoms with Crippen molar-refractivity contribution >= 4 is 17.4 Å². The van der Waals surface area contributed by atoms with E-state index in [0.29, 0.717) is 34.0 Å². The van der Waals surface area contributed by atoms with Crippen LogP contribution in [0.1, 0.15) is 11.8 Å². The van der Waals surface area contributed by atoms with Gasteiger partial charge >= 0.3 is 0 Å². The van der Waals surface area contributed by atoms with E-state index in [2.05, 4.69) is 27.1 Å². The number of nitrogens with one attached hydrogen (secondary N) is 1. The standard InChI is InChI=1S/C21H20N4O3S/c1-4-11-29-21-23-20-18(24-25-21)14-7-5-6-8-16(14)22-19(28-20)15-10-9-13(26-2)12-17(15)27-3/h4-10,12,19,22H,1,11H2,2-3H3. The maximum absolute atomic E-state index is 6.28. The number of hydrogen-bond donors (Lipinski definition) is 1. The maximum atomic E-state index is 6.28. The summed E-state index contributed by atoms with van der Waals surface area (Å²) in [5.74, 6) is 2.44. The molecule has 0 radical (unpaired) electrons. The van der Waals surface area contributed by atoms with E-state index < -0.39 is 6.23 Å². The van der Waals surface area contributed by atoms with Gasteiger partial charge in [0.1, 0.15) is 11.5 Å². The van der Waals surface area contributed by atoms with Gasteiger partial charge in [0.2, 0.25) is 17.3 Å². The van der Waals surface area contributed by atoms with Crippen molar-refractivity contribution in [1.29, 1.82) is 0 Å². The van der Waals surface area contributed by atoms with Gasteiger partial charge in [-0.3, -0.25) is 0 Å². The fourth-order valence-corrected chi connectivity index (χ4v) is 3.53. The Morgan fingerprint density at radius 3 is 2.83 bits per heavy atom. The van der Waals surface area contributed by atoms with Crippen molar-refractivity contribution in [1.82, 2.24) is 15.2 Å². The molecule has 1 aliphatic heterocycles. The van der Waals surface area contributed by atoms with Crippen LogP contribution >= 0.6 is 11.8 Å². The molecule has 2 aromatic carbocycles. The summed E-state index contributed by atoms with van der Waals surface area (Å²) in [5.41, 5.74) is 3.15. The topological polar surface area (TPSA) is 78.4 Å². The van der Waals surface area contributed by atoms with E-state index in [-0.39, 0.29) is 0 Å². The monoisotopic (exact) mass is 408 g/mol. The van der Waals surface area contributed by atoms with Crippen LogP contribution < -0.4 is 19.5 Å².